The zero-order valence-corrected chi connectivity index (χ0v) is 18.4. The highest BCUT2D eigenvalue weighted by atomic mass is 35.5. The van der Waals surface area contributed by atoms with Gasteiger partial charge < -0.3 is 24.6 Å². The molecule has 3 aliphatic heterocycles. The van der Waals surface area contributed by atoms with Gasteiger partial charge in [-0.25, -0.2) is 9.18 Å². The predicted molar refractivity (Wildman–Crippen MR) is 109 cm³/mol. The Hall–Kier alpha value is -2.27. The molecule has 3 heterocycles. The van der Waals surface area contributed by atoms with Crippen LogP contribution in [0.25, 0.3) is 0 Å². The Labute approximate surface area is 192 Å². The molecule has 3 saturated heterocycles. The Kier molecular flexibility index (Phi) is 6.90. The third-order valence-corrected chi connectivity index (χ3v) is 6.60. The van der Waals surface area contributed by atoms with Crippen molar-refractivity contribution in [1.29, 1.82) is 0 Å². The average molecular weight is 494 g/mol. The number of fused-ring (bicyclic) bond motifs is 1. The van der Waals surface area contributed by atoms with Crippen LogP contribution in [0.5, 0.6) is 5.75 Å². The SMILES string of the molecule is O=C1CO[C@H]2CCN(C(=O)N3CCC(C(Oc4ccc(F)cc4Cl)C(F)(F)F)CC3)C[C@H]2N1. The number of urea groups is 1. The summed E-state index contributed by atoms with van der Waals surface area (Å²) in [4.78, 5) is 27.6. The Morgan fingerprint density at radius 2 is 1.88 bits per heavy atom. The van der Waals surface area contributed by atoms with Crippen LogP contribution in [0.15, 0.2) is 18.2 Å². The Balaban J connectivity index is 1.36. The van der Waals surface area contributed by atoms with Crippen molar-refractivity contribution >= 4 is 23.5 Å². The van der Waals surface area contributed by atoms with Crippen LogP contribution in [0, 0.1) is 11.7 Å². The van der Waals surface area contributed by atoms with Gasteiger partial charge >= 0.3 is 12.2 Å². The Morgan fingerprint density at radius 3 is 2.55 bits per heavy atom. The predicted octanol–water partition coefficient (Wildman–Crippen LogP) is 3.21. The van der Waals surface area contributed by atoms with Gasteiger partial charge in [0.15, 0.2) is 6.10 Å². The summed E-state index contributed by atoms with van der Waals surface area (Å²) in [6.45, 7) is 1.04. The third-order valence-electron chi connectivity index (χ3n) is 6.30. The summed E-state index contributed by atoms with van der Waals surface area (Å²) in [5.41, 5.74) is 0. The van der Waals surface area contributed by atoms with Gasteiger partial charge in [0.1, 0.15) is 18.2 Å². The van der Waals surface area contributed by atoms with Crippen LogP contribution >= 0.6 is 11.6 Å². The van der Waals surface area contributed by atoms with Gasteiger partial charge in [-0.3, -0.25) is 4.79 Å². The van der Waals surface area contributed by atoms with Gasteiger partial charge in [0.2, 0.25) is 5.91 Å². The highest BCUT2D eigenvalue weighted by molar-refractivity contribution is 6.32. The molecule has 0 aliphatic carbocycles. The number of carbonyl (C=O) groups is 2. The fourth-order valence-electron chi connectivity index (χ4n) is 4.60. The quantitative estimate of drug-likeness (QED) is 0.656. The Bertz CT molecular complexity index is 895. The highest BCUT2D eigenvalue weighted by Gasteiger charge is 2.48. The van der Waals surface area contributed by atoms with Gasteiger partial charge in [-0.15, -0.1) is 0 Å². The van der Waals surface area contributed by atoms with E-state index in [0.29, 0.717) is 19.5 Å². The molecule has 0 bridgehead atoms. The number of nitrogens with one attached hydrogen (secondary N) is 1. The molecule has 4 rings (SSSR count). The number of ether oxygens (including phenoxy) is 2. The van der Waals surface area contributed by atoms with Crippen molar-refractivity contribution in [3.8, 4) is 5.75 Å². The maximum absolute atomic E-state index is 13.8. The van der Waals surface area contributed by atoms with Crippen LogP contribution in [0.2, 0.25) is 5.02 Å². The van der Waals surface area contributed by atoms with Crippen LogP contribution in [0.1, 0.15) is 19.3 Å². The van der Waals surface area contributed by atoms with Crippen LogP contribution in [0.4, 0.5) is 22.4 Å². The number of likely N-dealkylation sites (tertiary alicyclic amines) is 2. The second kappa shape index (κ2) is 9.54. The lowest BCUT2D eigenvalue weighted by Gasteiger charge is -2.44. The molecule has 182 valence electrons. The van der Waals surface area contributed by atoms with E-state index in [-0.39, 0.29) is 67.4 Å². The number of halogens is 5. The fourth-order valence-corrected chi connectivity index (χ4v) is 4.82. The molecule has 0 saturated carbocycles. The number of morpholine rings is 1. The molecule has 0 aromatic heterocycles. The maximum Gasteiger partial charge on any atom is 0.425 e. The first-order valence-corrected chi connectivity index (χ1v) is 11.1. The molecule has 12 heteroatoms. The van der Waals surface area contributed by atoms with Gasteiger partial charge in [0, 0.05) is 32.1 Å². The number of rotatable bonds is 3. The number of piperidine rings is 2. The molecule has 3 aliphatic rings. The molecule has 1 aromatic rings. The number of alkyl halides is 3. The summed E-state index contributed by atoms with van der Waals surface area (Å²) < 4.78 is 65.2. The number of carbonyl (C=O) groups excluding carboxylic acids is 2. The van der Waals surface area contributed by atoms with Gasteiger partial charge in [-0.05, 0) is 37.5 Å². The minimum Gasteiger partial charge on any atom is -0.479 e. The smallest absolute Gasteiger partial charge is 0.425 e. The van der Waals surface area contributed by atoms with E-state index in [0.717, 1.165) is 18.2 Å². The summed E-state index contributed by atoms with van der Waals surface area (Å²) in [7, 11) is 0. The van der Waals surface area contributed by atoms with Crippen LogP contribution < -0.4 is 10.1 Å². The zero-order valence-electron chi connectivity index (χ0n) is 17.6. The normalized spacial score (nSPS) is 25.3. The first kappa shape index (κ1) is 23.9. The summed E-state index contributed by atoms with van der Waals surface area (Å²) in [6.07, 6.45) is -6.16. The molecule has 33 heavy (non-hydrogen) atoms. The van der Waals surface area contributed by atoms with E-state index in [9.17, 15) is 27.2 Å². The van der Waals surface area contributed by atoms with Crippen molar-refractivity contribution in [2.45, 2.75) is 43.7 Å². The van der Waals surface area contributed by atoms with Crippen LogP contribution in [0.3, 0.4) is 0 Å². The van der Waals surface area contributed by atoms with E-state index < -0.39 is 24.0 Å². The van der Waals surface area contributed by atoms with Gasteiger partial charge in [0.25, 0.3) is 0 Å². The minimum atomic E-state index is -4.66. The molecule has 0 spiro atoms. The van der Waals surface area contributed by atoms with Crippen molar-refractivity contribution in [3.63, 3.8) is 0 Å². The molecular formula is C21H24ClF4N3O4. The largest absolute Gasteiger partial charge is 0.479 e. The Morgan fingerprint density at radius 1 is 1.18 bits per heavy atom. The van der Waals surface area contributed by atoms with Crippen molar-refractivity contribution in [3.05, 3.63) is 29.0 Å². The maximum atomic E-state index is 13.8. The van der Waals surface area contributed by atoms with E-state index >= 15 is 0 Å². The van der Waals surface area contributed by atoms with Crippen molar-refractivity contribution in [2.24, 2.45) is 5.92 Å². The summed E-state index contributed by atoms with van der Waals surface area (Å²) in [6, 6.07) is 2.41. The molecule has 1 aromatic carbocycles. The molecular weight excluding hydrogens is 470 g/mol. The highest BCUT2D eigenvalue weighted by Crippen LogP contribution is 2.37. The average Bonchev–Trinajstić information content (AvgIpc) is 2.77. The molecule has 1 N–H and O–H groups in total. The number of nitrogens with zero attached hydrogens (tertiary/aromatic N) is 2. The second-order valence-corrected chi connectivity index (χ2v) is 8.93. The molecule has 0 radical (unpaired) electrons. The lowest BCUT2D eigenvalue weighted by molar-refractivity contribution is -0.213. The number of benzene rings is 1. The van der Waals surface area contributed by atoms with Gasteiger partial charge in [-0.1, -0.05) is 11.6 Å². The summed E-state index contributed by atoms with van der Waals surface area (Å²) in [5, 5.41) is 2.59. The van der Waals surface area contributed by atoms with Crippen molar-refractivity contribution in [1.82, 2.24) is 15.1 Å². The van der Waals surface area contributed by atoms with Crippen molar-refractivity contribution < 1.29 is 36.6 Å². The third kappa shape index (κ3) is 5.46. The van der Waals surface area contributed by atoms with E-state index in [1.54, 1.807) is 4.90 Å². The van der Waals surface area contributed by atoms with Crippen LogP contribution in [-0.4, -0.2) is 79.0 Å². The fraction of sp³-hybridized carbons (Fsp3) is 0.619. The second-order valence-electron chi connectivity index (χ2n) is 8.52. The zero-order chi connectivity index (χ0) is 23.8. The summed E-state index contributed by atoms with van der Waals surface area (Å²) in [5.74, 6) is -2.03. The lowest BCUT2D eigenvalue weighted by Crippen LogP contribution is -2.62. The monoisotopic (exact) mass is 493 g/mol. The topological polar surface area (TPSA) is 71.1 Å². The molecule has 7 nitrogen and oxygen atoms in total. The van der Waals surface area contributed by atoms with E-state index in [4.69, 9.17) is 21.1 Å². The van der Waals surface area contributed by atoms with E-state index in [1.165, 1.54) is 4.90 Å². The van der Waals surface area contributed by atoms with Crippen molar-refractivity contribution in [2.75, 3.05) is 32.8 Å². The molecule has 1 unspecified atom stereocenters. The van der Waals surface area contributed by atoms with Gasteiger partial charge in [0.05, 0.1) is 17.2 Å². The lowest BCUT2D eigenvalue weighted by atomic mass is 9.90. The molecule has 3 atom stereocenters. The summed E-state index contributed by atoms with van der Waals surface area (Å²) >= 11 is 5.85. The van der Waals surface area contributed by atoms with E-state index in [2.05, 4.69) is 5.32 Å². The first-order valence-electron chi connectivity index (χ1n) is 10.7. The van der Waals surface area contributed by atoms with Crippen LogP contribution in [-0.2, 0) is 9.53 Å². The standard InChI is InChI=1S/C21H24ClF4N3O4/c22-14-9-13(23)1-2-16(14)33-19(21(24,25)26)12-3-6-28(7-4-12)20(31)29-8-5-17-15(10-29)27-18(30)11-32-17/h1-2,9,12,15,17,19H,3-8,10-11H2,(H,27,30)/t15-,17+,19?/m1/s1. The van der Waals surface area contributed by atoms with E-state index in [1.807, 2.05) is 0 Å². The number of amides is 3. The molecule has 3 fully saturated rings. The molecule has 3 amide bonds. The first-order chi connectivity index (χ1) is 15.6. The number of hydrogen-bond acceptors (Lipinski definition) is 4. The number of hydrogen-bond donors (Lipinski definition) is 1. The van der Waals surface area contributed by atoms with Gasteiger partial charge in [-0.2, -0.15) is 13.2 Å². The minimum absolute atomic E-state index is 0.00814.